The molecule has 1 N–H and O–H groups in total. The van der Waals surface area contributed by atoms with Crippen LogP contribution in [0.15, 0.2) is 78.9 Å². The number of nitrogens with zero attached hydrogens (tertiary/aromatic N) is 1. The van der Waals surface area contributed by atoms with Gasteiger partial charge in [0.1, 0.15) is 11.5 Å². The first-order valence-electron chi connectivity index (χ1n) is 9.34. The van der Waals surface area contributed by atoms with Gasteiger partial charge in [-0.3, -0.25) is 0 Å². The van der Waals surface area contributed by atoms with Crippen LogP contribution >= 0.6 is 11.3 Å². The van der Waals surface area contributed by atoms with E-state index in [1.165, 1.54) is 5.56 Å². The van der Waals surface area contributed by atoms with Crippen molar-refractivity contribution < 1.29 is 9.47 Å². The number of thiazole rings is 1. The third-order valence-corrected chi connectivity index (χ3v) is 5.69. The van der Waals surface area contributed by atoms with Gasteiger partial charge < -0.3 is 14.8 Å². The highest BCUT2D eigenvalue weighted by atomic mass is 32.1. The third kappa shape index (κ3) is 4.41. The zero-order chi connectivity index (χ0) is 20.1. The monoisotopic (exact) mass is 402 g/mol. The van der Waals surface area contributed by atoms with Crippen molar-refractivity contribution in [1.82, 2.24) is 4.98 Å². The summed E-state index contributed by atoms with van der Waals surface area (Å²) in [5, 5.41) is 4.36. The molecule has 4 rings (SSSR count). The summed E-state index contributed by atoms with van der Waals surface area (Å²) in [6, 6.07) is 26.4. The molecule has 4 nitrogen and oxygen atoms in total. The van der Waals surface area contributed by atoms with Crippen LogP contribution in [-0.4, -0.2) is 19.2 Å². The Morgan fingerprint density at radius 2 is 1.34 bits per heavy atom. The zero-order valence-electron chi connectivity index (χ0n) is 16.4. The standard InChI is InChI=1S/C24H22N2O2S/c1-27-20-12-8-18(9-13-20)22-23(19-10-14-21(28-2)15-11-19)29-24(26-22)25-16-17-6-4-3-5-7-17/h3-15H,16H2,1-2H3,(H,25,26). The zero-order valence-corrected chi connectivity index (χ0v) is 17.2. The van der Waals surface area contributed by atoms with Gasteiger partial charge in [0.25, 0.3) is 0 Å². The van der Waals surface area contributed by atoms with Gasteiger partial charge in [-0.1, -0.05) is 41.7 Å². The number of methoxy groups -OCH3 is 2. The maximum absolute atomic E-state index is 5.30. The number of anilines is 1. The molecule has 0 aliphatic carbocycles. The molecule has 29 heavy (non-hydrogen) atoms. The van der Waals surface area contributed by atoms with Crippen molar-refractivity contribution in [1.29, 1.82) is 0 Å². The molecule has 0 fully saturated rings. The molecule has 0 aliphatic rings. The fourth-order valence-corrected chi connectivity index (χ4v) is 4.04. The fourth-order valence-electron chi connectivity index (χ4n) is 3.05. The van der Waals surface area contributed by atoms with Crippen LogP contribution in [0.1, 0.15) is 5.56 Å². The van der Waals surface area contributed by atoms with E-state index in [0.717, 1.165) is 44.9 Å². The minimum absolute atomic E-state index is 0.735. The average Bonchev–Trinajstić information content (AvgIpc) is 3.23. The van der Waals surface area contributed by atoms with Crippen LogP contribution in [0.4, 0.5) is 5.13 Å². The van der Waals surface area contributed by atoms with Crippen LogP contribution < -0.4 is 14.8 Å². The summed E-state index contributed by atoms with van der Waals surface area (Å²) < 4.78 is 10.6. The quantitative estimate of drug-likeness (QED) is 0.405. The topological polar surface area (TPSA) is 43.4 Å². The van der Waals surface area contributed by atoms with Gasteiger partial charge in [0.2, 0.25) is 0 Å². The second-order valence-corrected chi connectivity index (χ2v) is 7.49. The lowest BCUT2D eigenvalue weighted by molar-refractivity contribution is 0.414. The Morgan fingerprint density at radius 3 is 1.93 bits per heavy atom. The summed E-state index contributed by atoms with van der Waals surface area (Å²) in [5.41, 5.74) is 4.35. The lowest BCUT2D eigenvalue weighted by Crippen LogP contribution is -1.98. The molecule has 4 aromatic rings. The number of benzene rings is 3. The molecular formula is C24H22N2O2S. The summed E-state index contributed by atoms with van der Waals surface area (Å²) in [4.78, 5) is 6.02. The smallest absolute Gasteiger partial charge is 0.184 e. The van der Waals surface area contributed by atoms with Crippen molar-refractivity contribution in [3.8, 4) is 33.2 Å². The minimum Gasteiger partial charge on any atom is -0.497 e. The number of hydrogen-bond acceptors (Lipinski definition) is 5. The predicted octanol–water partition coefficient (Wildman–Crippen LogP) is 6.11. The van der Waals surface area contributed by atoms with Crippen LogP contribution in [0.2, 0.25) is 0 Å². The molecule has 1 aromatic heterocycles. The molecule has 0 bridgehead atoms. The molecule has 0 saturated carbocycles. The van der Waals surface area contributed by atoms with Gasteiger partial charge in [-0.2, -0.15) is 0 Å². The normalized spacial score (nSPS) is 10.6. The van der Waals surface area contributed by atoms with Crippen LogP contribution in [0.3, 0.4) is 0 Å². The lowest BCUT2D eigenvalue weighted by atomic mass is 10.1. The van der Waals surface area contributed by atoms with Crippen LogP contribution in [0.5, 0.6) is 11.5 Å². The lowest BCUT2D eigenvalue weighted by Gasteiger charge is -2.05. The molecule has 1 heterocycles. The summed E-state index contributed by atoms with van der Waals surface area (Å²) >= 11 is 1.66. The van der Waals surface area contributed by atoms with Crippen molar-refractivity contribution in [2.24, 2.45) is 0 Å². The van der Waals surface area contributed by atoms with Crippen LogP contribution in [-0.2, 0) is 6.54 Å². The Labute approximate surface area is 174 Å². The molecule has 0 spiro atoms. The highest BCUT2D eigenvalue weighted by Gasteiger charge is 2.15. The Morgan fingerprint density at radius 1 is 0.759 bits per heavy atom. The van der Waals surface area contributed by atoms with Crippen LogP contribution in [0.25, 0.3) is 21.7 Å². The van der Waals surface area contributed by atoms with Crippen molar-refractivity contribution in [3.63, 3.8) is 0 Å². The molecule has 0 unspecified atom stereocenters. The van der Waals surface area contributed by atoms with Gasteiger partial charge in [0.05, 0.1) is 24.8 Å². The third-order valence-electron chi connectivity index (χ3n) is 4.63. The molecule has 5 heteroatoms. The number of ether oxygens (including phenoxy) is 2. The SMILES string of the molecule is COc1ccc(-c2nc(NCc3ccccc3)sc2-c2ccc(OC)cc2)cc1. The fraction of sp³-hybridized carbons (Fsp3) is 0.125. The Bertz CT molecular complexity index is 994. The van der Waals surface area contributed by atoms with E-state index in [4.69, 9.17) is 14.5 Å². The highest BCUT2D eigenvalue weighted by Crippen LogP contribution is 2.40. The Hall–Kier alpha value is -3.31. The molecule has 0 saturated heterocycles. The van der Waals surface area contributed by atoms with Gasteiger partial charge in [0, 0.05) is 12.1 Å². The summed E-state index contributed by atoms with van der Waals surface area (Å²) in [6.45, 7) is 0.735. The van der Waals surface area contributed by atoms with Crippen LogP contribution in [0, 0.1) is 0 Å². The molecule has 0 amide bonds. The summed E-state index contributed by atoms with van der Waals surface area (Å²) in [7, 11) is 3.35. The van der Waals surface area contributed by atoms with Crippen molar-refractivity contribution in [2.75, 3.05) is 19.5 Å². The first-order valence-corrected chi connectivity index (χ1v) is 10.2. The molecule has 3 aromatic carbocycles. The predicted molar refractivity (Wildman–Crippen MR) is 120 cm³/mol. The first-order chi connectivity index (χ1) is 14.3. The Balaban J connectivity index is 1.68. The molecule has 146 valence electrons. The maximum Gasteiger partial charge on any atom is 0.184 e. The number of aromatic nitrogens is 1. The maximum atomic E-state index is 5.30. The van der Waals surface area contributed by atoms with Crippen molar-refractivity contribution in [3.05, 3.63) is 84.4 Å². The average molecular weight is 403 g/mol. The van der Waals surface area contributed by atoms with Gasteiger partial charge >= 0.3 is 0 Å². The number of rotatable bonds is 7. The number of nitrogens with one attached hydrogen (secondary N) is 1. The minimum atomic E-state index is 0.735. The Kier molecular flexibility index (Phi) is 5.77. The van der Waals surface area contributed by atoms with Gasteiger partial charge in [0.15, 0.2) is 5.13 Å². The van der Waals surface area contributed by atoms with E-state index in [9.17, 15) is 0 Å². The molecule has 0 radical (unpaired) electrons. The van der Waals surface area contributed by atoms with Gasteiger partial charge in [-0.25, -0.2) is 4.98 Å². The van der Waals surface area contributed by atoms with Crippen molar-refractivity contribution >= 4 is 16.5 Å². The molecular weight excluding hydrogens is 380 g/mol. The first kappa shape index (κ1) is 19.0. The molecule has 0 atom stereocenters. The molecule has 0 aliphatic heterocycles. The summed E-state index contributed by atoms with van der Waals surface area (Å²) in [5.74, 6) is 1.67. The van der Waals surface area contributed by atoms with E-state index in [2.05, 4.69) is 29.6 Å². The van der Waals surface area contributed by atoms with E-state index in [1.54, 1.807) is 25.6 Å². The largest absolute Gasteiger partial charge is 0.497 e. The van der Waals surface area contributed by atoms with Crippen molar-refractivity contribution in [2.45, 2.75) is 6.54 Å². The van der Waals surface area contributed by atoms with E-state index in [-0.39, 0.29) is 0 Å². The van der Waals surface area contributed by atoms with E-state index in [0.29, 0.717) is 0 Å². The van der Waals surface area contributed by atoms with E-state index in [1.807, 2.05) is 54.6 Å². The van der Waals surface area contributed by atoms with E-state index < -0.39 is 0 Å². The summed E-state index contributed by atoms with van der Waals surface area (Å²) in [6.07, 6.45) is 0. The highest BCUT2D eigenvalue weighted by molar-refractivity contribution is 7.19. The number of hydrogen-bond donors (Lipinski definition) is 1. The second kappa shape index (κ2) is 8.80. The van der Waals surface area contributed by atoms with Gasteiger partial charge in [-0.15, -0.1) is 0 Å². The van der Waals surface area contributed by atoms with E-state index >= 15 is 0 Å². The van der Waals surface area contributed by atoms with Gasteiger partial charge in [-0.05, 0) is 59.7 Å². The second-order valence-electron chi connectivity index (χ2n) is 6.49.